The maximum atomic E-state index is 15.0. The highest BCUT2D eigenvalue weighted by Crippen LogP contribution is 2.36. The molecular weight excluding hydrogens is 454 g/mol. The summed E-state index contributed by atoms with van der Waals surface area (Å²) in [6.45, 7) is -0.0822. The number of halogens is 2. The van der Waals surface area contributed by atoms with Gasteiger partial charge in [-0.25, -0.2) is 8.78 Å². The SMILES string of the molecule is O=C(O)CNc1cc(F)c(-c2ccc(OCc3ccccc3)nc2OCc2ccccc2)c(F)c1. The van der Waals surface area contributed by atoms with Crippen molar-refractivity contribution in [3.63, 3.8) is 0 Å². The van der Waals surface area contributed by atoms with Gasteiger partial charge < -0.3 is 19.9 Å². The molecule has 1 heterocycles. The molecule has 0 aliphatic carbocycles. The van der Waals surface area contributed by atoms with E-state index in [-0.39, 0.29) is 41.8 Å². The summed E-state index contributed by atoms with van der Waals surface area (Å²) in [7, 11) is 0. The van der Waals surface area contributed by atoms with E-state index in [0.717, 1.165) is 23.3 Å². The molecule has 0 amide bonds. The number of nitrogens with zero attached hydrogens (tertiary/aromatic N) is 1. The van der Waals surface area contributed by atoms with Crippen LogP contribution in [0.2, 0.25) is 0 Å². The van der Waals surface area contributed by atoms with Crippen LogP contribution in [0, 0.1) is 11.6 Å². The van der Waals surface area contributed by atoms with E-state index in [9.17, 15) is 13.6 Å². The second-order valence-electron chi connectivity index (χ2n) is 7.61. The first kappa shape index (κ1) is 23.7. The molecule has 0 bridgehead atoms. The van der Waals surface area contributed by atoms with Crippen molar-refractivity contribution >= 4 is 11.7 Å². The largest absolute Gasteiger partial charge is 0.480 e. The lowest BCUT2D eigenvalue weighted by Gasteiger charge is -2.15. The molecule has 6 nitrogen and oxygen atoms in total. The van der Waals surface area contributed by atoms with Crippen LogP contribution in [0.3, 0.4) is 0 Å². The predicted octanol–water partition coefficient (Wildman–Crippen LogP) is 5.68. The maximum Gasteiger partial charge on any atom is 0.322 e. The summed E-state index contributed by atoms with van der Waals surface area (Å²) in [6.07, 6.45) is 0. The highest BCUT2D eigenvalue weighted by atomic mass is 19.1. The maximum absolute atomic E-state index is 15.0. The Morgan fingerprint density at radius 2 is 1.40 bits per heavy atom. The van der Waals surface area contributed by atoms with Crippen molar-refractivity contribution in [2.75, 3.05) is 11.9 Å². The van der Waals surface area contributed by atoms with Gasteiger partial charge in [-0.3, -0.25) is 4.79 Å². The van der Waals surface area contributed by atoms with Crippen LogP contribution in [-0.2, 0) is 18.0 Å². The van der Waals surface area contributed by atoms with E-state index in [4.69, 9.17) is 14.6 Å². The molecule has 0 fully saturated rings. The van der Waals surface area contributed by atoms with E-state index >= 15 is 0 Å². The van der Waals surface area contributed by atoms with Crippen molar-refractivity contribution in [1.82, 2.24) is 4.98 Å². The van der Waals surface area contributed by atoms with Crippen LogP contribution in [0.15, 0.2) is 84.9 Å². The number of nitrogens with one attached hydrogen (secondary N) is 1. The fourth-order valence-corrected chi connectivity index (χ4v) is 3.37. The molecule has 0 aliphatic rings. The van der Waals surface area contributed by atoms with Crippen molar-refractivity contribution in [2.45, 2.75) is 13.2 Å². The summed E-state index contributed by atoms with van der Waals surface area (Å²) in [5.41, 5.74) is 1.56. The Morgan fingerprint density at radius 3 is 1.97 bits per heavy atom. The van der Waals surface area contributed by atoms with E-state index < -0.39 is 24.1 Å². The lowest BCUT2D eigenvalue weighted by molar-refractivity contribution is -0.134. The molecule has 4 aromatic rings. The Bertz CT molecular complexity index is 1280. The number of aliphatic carboxylic acids is 1. The molecule has 1 aromatic heterocycles. The predicted molar refractivity (Wildman–Crippen MR) is 127 cm³/mol. The molecule has 178 valence electrons. The van der Waals surface area contributed by atoms with Gasteiger partial charge in [0.2, 0.25) is 11.8 Å². The molecule has 0 saturated carbocycles. The average molecular weight is 476 g/mol. The van der Waals surface area contributed by atoms with E-state index in [1.54, 1.807) is 0 Å². The highest BCUT2D eigenvalue weighted by molar-refractivity contribution is 5.75. The smallest absolute Gasteiger partial charge is 0.322 e. The monoisotopic (exact) mass is 476 g/mol. The summed E-state index contributed by atoms with van der Waals surface area (Å²) in [6, 6.07) is 23.9. The van der Waals surface area contributed by atoms with Gasteiger partial charge in [0, 0.05) is 11.8 Å². The van der Waals surface area contributed by atoms with Crippen molar-refractivity contribution in [2.24, 2.45) is 0 Å². The minimum Gasteiger partial charge on any atom is -0.480 e. The van der Waals surface area contributed by atoms with Crippen LogP contribution in [0.25, 0.3) is 11.1 Å². The Kier molecular flexibility index (Phi) is 7.52. The number of aromatic nitrogens is 1. The highest BCUT2D eigenvalue weighted by Gasteiger charge is 2.20. The Morgan fingerprint density at radius 1 is 0.829 bits per heavy atom. The first-order valence-electron chi connectivity index (χ1n) is 10.8. The van der Waals surface area contributed by atoms with Crippen LogP contribution in [0.4, 0.5) is 14.5 Å². The summed E-state index contributed by atoms with van der Waals surface area (Å²) in [5, 5.41) is 11.3. The number of ether oxygens (including phenoxy) is 2. The molecular formula is C27H22F2N2O4. The fourth-order valence-electron chi connectivity index (χ4n) is 3.37. The van der Waals surface area contributed by atoms with Gasteiger partial charge in [0.25, 0.3) is 0 Å². The van der Waals surface area contributed by atoms with Gasteiger partial charge in [-0.15, -0.1) is 0 Å². The van der Waals surface area contributed by atoms with Gasteiger partial charge in [0.1, 0.15) is 31.4 Å². The molecule has 0 aliphatic heterocycles. The van der Waals surface area contributed by atoms with E-state index in [1.165, 1.54) is 12.1 Å². The molecule has 35 heavy (non-hydrogen) atoms. The number of hydrogen-bond acceptors (Lipinski definition) is 5. The minimum absolute atomic E-state index is 0.00320. The van der Waals surface area contributed by atoms with Crippen molar-refractivity contribution in [3.05, 3.63) is 108 Å². The van der Waals surface area contributed by atoms with Gasteiger partial charge in [0.05, 0.1) is 11.1 Å². The van der Waals surface area contributed by atoms with E-state index in [0.29, 0.717) is 0 Å². The standard InChI is InChI=1S/C27H22F2N2O4/c28-22-13-20(30-15-25(32)33)14-23(29)26(22)21-11-12-24(34-16-18-7-3-1-4-8-18)31-27(21)35-17-19-9-5-2-6-10-19/h1-14,30H,15-17H2,(H,32,33). The van der Waals surface area contributed by atoms with Crippen LogP contribution in [0.5, 0.6) is 11.8 Å². The van der Waals surface area contributed by atoms with Crippen molar-refractivity contribution in [1.29, 1.82) is 0 Å². The first-order valence-corrected chi connectivity index (χ1v) is 10.8. The zero-order valence-corrected chi connectivity index (χ0v) is 18.6. The minimum atomic E-state index is -1.15. The topological polar surface area (TPSA) is 80.7 Å². The third-order valence-corrected chi connectivity index (χ3v) is 5.04. The third-order valence-electron chi connectivity index (χ3n) is 5.04. The van der Waals surface area contributed by atoms with Gasteiger partial charge in [-0.1, -0.05) is 60.7 Å². The van der Waals surface area contributed by atoms with Crippen LogP contribution >= 0.6 is 0 Å². The number of carboxylic acids is 1. The summed E-state index contributed by atoms with van der Waals surface area (Å²) < 4.78 is 41.6. The Balaban J connectivity index is 1.64. The molecule has 0 unspecified atom stereocenters. The van der Waals surface area contributed by atoms with E-state index in [2.05, 4.69) is 10.3 Å². The summed E-state index contributed by atoms with van der Waals surface area (Å²) in [4.78, 5) is 15.1. The van der Waals surface area contributed by atoms with Crippen molar-refractivity contribution in [3.8, 4) is 22.9 Å². The number of benzene rings is 3. The second-order valence-corrected chi connectivity index (χ2v) is 7.61. The summed E-state index contributed by atoms with van der Waals surface area (Å²) in [5.74, 6) is -2.68. The fraction of sp³-hybridized carbons (Fsp3) is 0.111. The lowest BCUT2D eigenvalue weighted by atomic mass is 10.0. The zero-order chi connectivity index (χ0) is 24.6. The zero-order valence-electron chi connectivity index (χ0n) is 18.6. The van der Waals surface area contributed by atoms with Gasteiger partial charge in [-0.05, 0) is 29.3 Å². The van der Waals surface area contributed by atoms with Crippen LogP contribution in [0.1, 0.15) is 11.1 Å². The van der Waals surface area contributed by atoms with Gasteiger partial charge >= 0.3 is 5.97 Å². The molecule has 2 N–H and O–H groups in total. The molecule has 4 rings (SSSR count). The van der Waals surface area contributed by atoms with Gasteiger partial charge in [-0.2, -0.15) is 4.98 Å². The second kappa shape index (κ2) is 11.1. The number of carbonyl (C=O) groups is 1. The molecule has 0 saturated heterocycles. The molecule has 0 radical (unpaired) electrons. The van der Waals surface area contributed by atoms with Crippen molar-refractivity contribution < 1.29 is 28.2 Å². The Hall–Kier alpha value is -4.46. The number of carboxylic acid groups (broad SMARTS) is 1. The number of pyridine rings is 1. The van der Waals surface area contributed by atoms with Crippen LogP contribution in [-0.4, -0.2) is 22.6 Å². The average Bonchev–Trinajstić information content (AvgIpc) is 2.86. The van der Waals surface area contributed by atoms with E-state index in [1.807, 2.05) is 60.7 Å². The quantitative estimate of drug-likeness (QED) is 0.307. The van der Waals surface area contributed by atoms with Crippen LogP contribution < -0.4 is 14.8 Å². The number of hydrogen-bond donors (Lipinski definition) is 2. The molecule has 3 aromatic carbocycles. The number of anilines is 1. The number of rotatable bonds is 10. The Labute approximate surface area is 200 Å². The third kappa shape index (κ3) is 6.32. The van der Waals surface area contributed by atoms with Gasteiger partial charge in [0.15, 0.2) is 0 Å². The first-order chi connectivity index (χ1) is 17.0. The summed E-state index contributed by atoms with van der Waals surface area (Å²) >= 11 is 0. The normalized spacial score (nSPS) is 10.6. The molecule has 0 atom stereocenters. The molecule has 8 heteroatoms. The molecule has 0 spiro atoms. The lowest BCUT2D eigenvalue weighted by Crippen LogP contribution is -2.12.